The highest BCUT2D eigenvalue weighted by atomic mass is 16.5. The molecular weight excluding hydrogens is 344 g/mol. The second-order valence-electron chi connectivity index (χ2n) is 9.76. The van der Waals surface area contributed by atoms with Crippen LogP contribution in [0.5, 0.6) is 11.5 Å². The van der Waals surface area contributed by atoms with E-state index >= 15 is 0 Å². The molecule has 0 spiro atoms. The van der Waals surface area contributed by atoms with E-state index in [-0.39, 0.29) is 5.60 Å². The van der Waals surface area contributed by atoms with Gasteiger partial charge in [-0.3, -0.25) is 0 Å². The molecule has 1 heterocycles. The first-order chi connectivity index (χ1) is 13.3. The number of ether oxygens (including phenoxy) is 1. The smallest absolute Gasteiger partial charge is 0.132 e. The Hall–Kier alpha value is -1.44. The Morgan fingerprint density at radius 2 is 1.93 bits per heavy atom. The lowest BCUT2D eigenvalue weighted by atomic mass is 9.73. The Morgan fingerprint density at radius 3 is 2.61 bits per heavy atom. The number of fused-ring (bicyclic) bond motifs is 2. The minimum atomic E-state index is -0.276. The Balaban J connectivity index is 1.94. The standard InChI is InChI=1S/C26H40O2/c1-7-9-10-11-17(3)18(4)20-15-23(27)25-21-14-19(8-2)12-13-22(21)26(5,6)28-24(25)16-20/h15-19,27H,7-14H2,1-6H3. The summed E-state index contributed by atoms with van der Waals surface area (Å²) in [6.07, 6.45) is 9.71. The molecule has 2 nitrogen and oxygen atoms in total. The Labute approximate surface area is 172 Å². The van der Waals surface area contributed by atoms with Crippen molar-refractivity contribution in [3.05, 3.63) is 28.8 Å². The van der Waals surface area contributed by atoms with Crippen molar-refractivity contribution in [3.63, 3.8) is 0 Å². The lowest BCUT2D eigenvalue weighted by Gasteiger charge is -2.41. The van der Waals surface area contributed by atoms with Gasteiger partial charge in [-0.2, -0.15) is 0 Å². The van der Waals surface area contributed by atoms with Crippen LogP contribution in [0.1, 0.15) is 110 Å². The van der Waals surface area contributed by atoms with Crippen LogP contribution in [0.2, 0.25) is 0 Å². The van der Waals surface area contributed by atoms with Crippen LogP contribution in [-0.4, -0.2) is 10.7 Å². The van der Waals surface area contributed by atoms with E-state index in [1.165, 1.54) is 55.2 Å². The molecular formula is C26H40O2. The number of benzene rings is 1. The molecule has 1 aromatic carbocycles. The van der Waals surface area contributed by atoms with Gasteiger partial charge in [-0.25, -0.2) is 0 Å². The molecule has 156 valence electrons. The average molecular weight is 385 g/mol. The summed E-state index contributed by atoms with van der Waals surface area (Å²) >= 11 is 0. The van der Waals surface area contributed by atoms with Crippen LogP contribution in [0.25, 0.3) is 5.57 Å². The third-order valence-electron chi connectivity index (χ3n) is 7.38. The zero-order valence-corrected chi connectivity index (χ0v) is 18.9. The lowest BCUT2D eigenvalue weighted by molar-refractivity contribution is 0.134. The van der Waals surface area contributed by atoms with Crippen LogP contribution in [0.15, 0.2) is 17.7 Å². The summed E-state index contributed by atoms with van der Waals surface area (Å²) < 4.78 is 6.49. The summed E-state index contributed by atoms with van der Waals surface area (Å²) in [5.74, 6) is 3.06. The van der Waals surface area contributed by atoms with Crippen molar-refractivity contribution in [3.8, 4) is 11.5 Å². The van der Waals surface area contributed by atoms with Gasteiger partial charge in [-0.15, -0.1) is 0 Å². The zero-order chi connectivity index (χ0) is 20.5. The molecule has 1 N–H and O–H groups in total. The first-order valence-corrected chi connectivity index (χ1v) is 11.6. The topological polar surface area (TPSA) is 29.5 Å². The minimum absolute atomic E-state index is 0.276. The van der Waals surface area contributed by atoms with Gasteiger partial charge in [0.25, 0.3) is 0 Å². The van der Waals surface area contributed by atoms with E-state index in [2.05, 4.69) is 47.6 Å². The van der Waals surface area contributed by atoms with Gasteiger partial charge in [0.2, 0.25) is 0 Å². The fraction of sp³-hybridized carbons (Fsp3) is 0.692. The van der Waals surface area contributed by atoms with E-state index in [9.17, 15) is 5.11 Å². The molecule has 2 heteroatoms. The van der Waals surface area contributed by atoms with Crippen LogP contribution < -0.4 is 4.74 Å². The van der Waals surface area contributed by atoms with Crippen LogP contribution >= 0.6 is 0 Å². The van der Waals surface area contributed by atoms with Gasteiger partial charge < -0.3 is 9.84 Å². The van der Waals surface area contributed by atoms with Gasteiger partial charge >= 0.3 is 0 Å². The summed E-state index contributed by atoms with van der Waals surface area (Å²) in [6, 6.07) is 4.23. The number of hydrogen-bond acceptors (Lipinski definition) is 2. The Morgan fingerprint density at radius 1 is 1.18 bits per heavy atom. The number of unbranched alkanes of at least 4 members (excludes halogenated alkanes) is 2. The highest BCUT2D eigenvalue weighted by molar-refractivity contribution is 5.81. The van der Waals surface area contributed by atoms with Crippen molar-refractivity contribution >= 4 is 5.57 Å². The molecule has 2 aliphatic rings. The average Bonchev–Trinajstić information content (AvgIpc) is 2.66. The fourth-order valence-electron chi connectivity index (χ4n) is 5.18. The van der Waals surface area contributed by atoms with Crippen LogP contribution in [0.3, 0.4) is 0 Å². The highest BCUT2D eigenvalue weighted by Crippen LogP contribution is 2.52. The lowest BCUT2D eigenvalue weighted by Crippen LogP contribution is -2.36. The Kier molecular flexibility index (Phi) is 6.47. The summed E-state index contributed by atoms with van der Waals surface area (Å²) in [7, 11) is 0. The van der Waals surface area contributed by atoms with Crippen molar-refractivity contribution < 1.29 is 9.84 Å². The van der Waals surface area contributed by atoms with Gasteiger partial charge in [0.15, 0.2) is 0 Å². The maximum absolute atomic E-state index is 11.0. The summed E-state index contributed by atoms with van der Waals surface area (Å²) in [4.78, 5) is 0. The SMILES string of the molecule is CCCCCC(C)C(C)c1cc(O)c2c(c1)OC(C)(C)C1=C2CC(CC)CC1. The molecule has 3 rings (SSSR count). The van der Waals surface area contributed by atoms with Gasteiger partial charge in [-0.05, 0) is 79.7 Å². The van der Waals surface area contributed by atoms with E-state index in [1.807, 2.05) is 6.07 Å². The highest BCUT2D eigenvalue weighted by Gasteiger charge is 2.39. The molecule has 3 unspecified atom stereocenters. The van der Waals surface area contributed by atoms with Crippen molar-refractivity contribution in [2.24, 2.45) is 11.8 Å². The quantitative estimate of drug-likeness (QED) is 0.485. The predicted octanol–water partition coefficient (Wildman–Crippen LogP) is 7.85. The first kappa shape index (κ1) is 21.3. The van der Waals surface area contributed by atoms with E-state index < -0.39 is 0 Å². The number of phenols is 1. The number of phenolic OH excluding ortho intramolecular Hbond substituents is 1. The van der Waals surface area contributed by atoms with E-state index in [0.717, 1.165) is 30.1 Å². The zero-order valence-electron chi connectivity index (χ0n) is 18.9. The third kappa shape index (κ3) is 4.11. The summed E-state index contributed by atoms with van der Waals surface area (Å²) in [5.41, 5.74) is 4.66. The van der Waals surface area contributed by atoms with Crippen molar-refractivity contribution in [1.82, 2.24) is 0 Å². The number of hydrogen-bond donors (Lipinski definition) is 1. The summed E-state index contributed by atoms with van der Waals surface area (Å²) in [5, 5.41) is 11.0. The number of allylic oxidation sites excluding steroid dienone is 1. The first-order valence-electron chi connectivity index (χ1n) is 11.6. The molecule has 1 aliphatic carbocycles. The second-order valence-corrected chi connectivity index (χ2v) is 9.76. The molecule has 0 saturated carbocycles. The van der Waals surface area contributed by atoms with E-state index in [0.29, 0.717) is 17.6 Å². The molecule has 3 atom stereocenters. The molecule has 0 fully saturated rings. The molecule has 0 aromatic heterocycles. The molecule has 0 radical (unpaired) electrons. The summed E-state index contributed by atoms with van der Waals surface area (Å²) in [6.45, 7) is 13.6. The van der Waals surface area contributed by atoms with Gasteiger partial charge in [-0.1, -0.05) is 59.8 Å². The van der Waals surface area contributed by atoms with E-state index in [4.69, 9.17) is 4.74 Å². The number of aromatic hydroxyl groups is 1. The molecule has 0 bridgehead atoms. The maximum Gasteiger partial charge on any atom is 0.132 e. The molecule has 1 aliphatic heterocycles. The third-order valence-corrected chi connectivity index (χ3v) is 7.38. The largest absolute Gasteiger partial charge is 0.507 e. The van der Waals surface area contributed by atoms with E-state index in [1.54, 1.807) is 0 Å². The molecule has 0 amide bonds. The second kappa shape index (κ2) is 8.51. The predicted molar refractivity (Wildman–Crippen MR) is 119 cm³/mol. The normalized spacial score (nSPS) is 22.9. The van der Waals surface area contributed by atoms with Crippen LogP contribution in [0.4, 0.5) is 0 Å². The van der Waals surface area contributed by atoms with Gasteiger partial charge in [0, 0.05) is 0 Å². The van der Waals surface area contributed by atoms with Crippen LogP contribution in [-0.2, 0) is 0 Å². The van der Waals surface area contributed by atoms with Crippen molar-refractivity contribution in [2.75, 3.05) is 0 Å². The van der Waals surface area contributed by atoms with Gasteiger partial charge in [0.1, 0.15) is 17.1 Å². The minimum Gasteiger partial charge on any atom is -0.507 e. The molecule has 28 heavy (non-hydrogen) atoms. The maximum atomic E-state index is 11.0. The van der Waals surface area contributed by atoms with Crippen molar-refractivity contribution in [2.45, 2.75) is 104 Å². The Bertz CT molecular complexity index is 728. The molecule has 0 saturated heterocycles. The fourth-order valence-corrected chi connectivity index (χ4v) is 5.18. The van der Waals surface area contributed by atoms with Crippen molar-refractivity contribution in [1.29, 1.82) is 0 Å². The monoisotopic (exact) mass is 384 g/mol. The molecule has 1 aromatic rings. The van der Waals surface area contributed by atoms with Crippen LogP contribution in [0, 0.1) is 11.8 Å². The number of rotatable bonds is 7. The van der Waals surface area contributed by atoms with Gasteiger partial charge in [0.05, 0.1) is 5.56 Å².